The Balaban J connectivity index is 1.75. The van der Waals surface area contributed by atoms with Crippen LogP contribution in [-0.2, 0) is 16.0 Å². The normalized spacial score (nSPS) is 24.8. The minimum atomic E-state index is -0.182. The Morgan fingerprint density at radius 3 is 2.90 bits per heavy atom. The third kappa shape index (κ3) is 3.58. The molecule has 2 aromatic rings. The number of halogens is 1. The molecule has 1 saturated heterocycles. The number of nitrogens with one attached hydrogen (secondary N) is 1. The minimum absolute atomic E-state index is 0.182. The van der Waals surface area contributed by atoms with Crippen LogP contribution in [-0.4, -0.2) is 47.6 Å². The summed E-state index contributed by atoms with van der Waals surface area (Å²) in [5, 5.41) is 1.22. The maximum absolute atomic E-state index is 12.5. The number of aromatic nitrogens is 1. The SMILES string of the molecule is C/C=C(/C(=O)OC)[C@H]1C[C@H]2c3[nH]c4cccc(OC)c4c3CCN2C[C@H]1CCI. The number of piperidine rings is 1. The van der Waals surface area contributed by atoms with E-state index in [1.54, 1.807) is 7.11 Å². The molecular weight excluding hydrogens is 479 g/mol. The van der Waals surface area contributed by atoms with Crippen LogP contribution in [0.5, 0.6) is 5.75 Å². The maximum atomic E-state index is 12.5. The van der Waals surface area contributed by atoms with Gasteiger partial charge in [-0.1, -0.05) is 34.7 Å². The average Bonchev–Trinajstić information content (AvgIpc) is 3.13. The molecule has 0 radical (unpaired) electrons. The van der Waals surface area contributed by atoms with Crippen LogP contribution < -0.4 is 4.74 Å². The molecule has 2 aliphatic rings. The molecule has 5 nitrogen and oxygen atoms in total. The lowest BCUT2D eigenvalue weighted by Crippen LogP contribution is -2.47. The number of methoxy groups -OCH3 is 2. The summed E-state index contributed by atoms with van der Waals surface area (Å²) in [6.45, 7) is 4.04. The monoisotopic (exact) mass is 508 g/mol. The molecule has 0 saturated carbocycles. The summed E-state index contributed by atoms with van der Waals surface area (Å²) >= 11 is 2.45. The predicted molar refractivity (Wildman–Crippen MR) is 124 cm³/mol. The van der Waals surface area contributed by atoms with E-state index in [0.29, 0.717) is 12.0 Å². The Bertz CT molecular complexity index is 936. The summed E-state index contributed by atoms with van der Waals surface area (Å²) in [4.78, 5) is 18.8. The van der Waals surface area contributed by atoms with E-state index in [4.69, 9.17) is 9.47 Å². The quantitative estimate of drug-likeness (QED) is 0.277. The van der Waals surface area contributed by atoms with Gasteiger partial charge in [-0.2, -0.15) is 0 Å². The zero-order valence-corrected chi connectivity index (χ0v) is 19.5. The number of allylic oxidation sites excluding steroid dienone is 1. The fourth-order valence-corrected chi connectivity index (χ4v) is 6.17. The second kappa shape index (κ2) is 8.68. The summed E-state index contributed by atoms with van der Waals surface area (Å²) in [5.41, 5.74) is 4.66. The number of nitrogens with zero attached hydrogens (tertiary/aromatic N) is 1. The van der Waals surface area contributed by atoms with E-state index in [-0.39, 0.29) is 11.9 Å². The first-order valence-electron chi connectivity index (χ1n) is 10.3. The second-order valence-corrected chi connectivity index (χ2v) is 9.06. The lowest BCUT2D eigenvalue weighted by molar-refractivity contribution is -0.137. The third-order valence-electron chi connectivity index (χ3n) is 6.69. The number of benzene rings is 1. The number of carbonyl (C=O) groups excluding carboxylic acids is 1. The lowest BCUT2D eigenvalue weighted by atomic mass is 9.73. The first-order valence-corrected chi connectivity index (χ1v) is 11.9. The van der Waals surface area contributed by atoms with Crippen LogP contribution in [0.2, 0.25) is 0 Å². The van der Waals surface area contributed by atoms with E-state index in [1.165, 1.54) is 23.8 Å². The van der Waals surface area contributed by atoms with Gasteiger partial charge in [0, 0.05) is 35.3 Å². The first kappa shape index (κ1) is 20.7. The van der Waals surface area contributed by atoms with Crippen molar-refractivity contribution in [2.24, 2.45) is 11.8 Å². The van der Waals surface area contributed by atoms with Crippen LogP contribution in [0.4, 0.5) is 0 Å². The molecule has 156 valence electrons. The zero-order valence-electron chi connectivity index (χ0n) is 17.3. The number of H-pyrrole nitrogens is 1. The van der Waals surface area contributed by atoms with Crippen LogP contribution in [0.1, 0.15) is 37.1 Å². The summed E-state index contributed by atoms with van der Waals surface area (Å²) in [6, 6.07) is 6.51. The molecule has 3 atom stereocenters. The van der Waals surface area contributed by atoms with Gasteiger partial charge in [0.05, 0.1) is 20.3 Å². The Hall–Kier alpha value is -1.54. The number of rotatable bonds is 5. The van der Waals surface area contributed by atoms with Gasteiger partial charge in [0.25, 0.3) is 0 Å². The predicted octanol–water partition coefficient (Wildman–Crippen LogP) is 4.66. The van der Waals surface area contributed by atoms with Crippen molar-refractivity contribution in [2.75, 3.05) is 31.7 Å². The van der Waals surface area contributed by atoms with E-state index < -0.39 is 0 Å². The standard InChI is InChI=1S/C23H29IN2O3/c1-4-15(23(27)29-3)17-12-19-22-16(9-11-26(19)13-14(17)8-10-24)21-18(25-22)6-5-7-20(21)28-2/h4-7,14,17,19,25H,8-13H2,1-3H3/b15-4+/t14-,17+,19+/m1/s1. The summed E-state index contributed by atoms with van der Waals surface area (Å²) in [5.74, 6) is 1.46. The summed E-state index contributed by atoms with van der Waals surface area (Å²) in [6.07, 6.45) is 5.06. The number of hydrogen-bond donors (Lipinski definition) is 1. The highest BCUT2D eigenvalue weighted by Crippen LogP contribution is 2.47. The van der Waals surface area contributed by atoms with Gasteiger partial charge >= 0.3 is 5.97 Å². The molecular formula is C23H29IN2O3. The second-order valence-electron chi connectivity index (χ2n) is 7.98. The molecule has 3 heterocycles. The van der Waals surface area contributed by atoms with Gasteiger partial charge in [0.1, 0.15) is 5.75 Å². The topological polar surface area (TPSA) is 54.6 Å². The highest BCUT2D eigenvalue weighted by molar-refractivity contribution is 14.1. The van der Waals surface area contributed by atoms with Gasteiger partial charge in [0.15, 0.2) is 0 Å². The van der Waals surface area contributed by atoms with Gasteiger partial charge in [0.2, 0.25) is 0 Å². The minimum Gasteiger partial charge on any atom is -0.496 e. The summed E-state index contributed by atoms with van der Waals surface area (Å²) in [7, 11) is 3.22. The molecule has 29 heavy (non-hydrogen) atoms. The molecule has 1 aromatic carbocycles. The molecule has 1 N–H and O–H groups in total. The number of esters is 1. The Labute approximate surface area is 186 Å². The van der Waals surface area contributed by atoms with Gasteiger partial charge in [-0.25, -0.2) is 4.79 Å². The smallest absolute Gasteiger partial charge is 0.333 e. The molecule has 0 spiro atoms. The van der Waals surface area contributed by atoms with Crippen molar-refractivity contribution >= 4 is 39.5 Å². The van der Waals surface area contributed by atoms with E-state index in [1.807, 2.05) is 25.1 Å². The third-order valence-corrected chi connectivity index (χ3v) is 7.31. The Morgan fingerprint density at radius 2 is 2.21 bits per heavy atom. The number of carbonyl (C=O) groups is 1. The molecule has 2 aliphatic heterocycles. The lowest BCUT2D eigenvalue weighted by Gasteiger charge is -2.46. The van der Waals surface area contributed by atoms with Crippen molar-refractivity contribution in [2.45, 2.75) is 32.2 Å². The number of alkyl halides is 1. The average molecular weight is 508 g/mol. The van der Waals surface area contributed by atoms with E-state index >= 15 is 0 Å². The molecule has 0 bridgehead atoms. The first-order chi connectivity index (χ1) is 14.1. The van der Waals surface area contributed by atoms with Crippen molar-refractivity contribution in [1.82, 2.24) is 9.88 Å². The van der Waals surface area contributed by atoms with Crippen molar-refractivity contribution in [3.8, 4) is 5.75 Å². The number of fused-ring (bicyclic) bond motifs is 5. The molecule has 0 aliphatic carbocycles. The molecule has 6 heteroatoms. The molecule has 4 rings (SSSR count). The van der Waals surface area contributed by atoms with Crippen LogP contribution >= 0.6 is 22.6 Å². The Kier molecular flexibility index (Phi) is 6.20. The van der Waals surface area contributed by atoms with Crippen LogP contribution in [0.3, 0.4) is 0 Å². The van der Waals surface area contributed by atoms with Gasteiger partial charge in [-0.15, -0.1) is 0 Å². The van der Waals surface area contributed by atoms with E-state index in [0.717, 1.165) is 53.6 Å². The molecule has 1 fully saturated rings. The fraction of sp³-hybridized carbons (Fsp3) is 0.522. The van der Waals surface area contributed by atoms with E-state index in [2.05, 4.69) is 38.5 Å². The van der Waals surface area contributed by atoms with E-state index in [9.17, 15) is 4.79 Å². The highest BCUT2D eigenvalue weighted by Gasteiger charge is 2.42. The van der Waals surface area contributed by atoms with Crippen molar-refractivity contribution < 1.29 is 14.3 Å². The Morgan fingerprint density at radius 1 is 1.38 bits per heavy atom. The number of hydrogen-bond acceptors (Lipinski definition) is 4. The summed E-state index contributed by atoms with van der Waals surface area (Å²) < 4.78 is 11.9. The van der Waals surface area contributed by atoms with Gasteiger partial charge in [-0.05, 0) is 60.1 Å². The number of aromatic amines is 1. The molecule has 1 aromatic heterocycles. The molecule has 0 unspecified atom stereocenters. The van der Waals surface area contributed by atoms with Crippen LogP contribution in [0.15, 0.2) is 29.8 Å². The van der Waals surface area contributed by atoms with Crippen molar-refractivity contribution in [3.63, 3.8) is 0 Å². The maximum Gasteiger partial charge on any atom is 0.333 e. The van der Waals surface area contributed by atoms with Crippen molar-refractivity contribution in [1.29, 1.82) is 0 Å². The van der Waals surface area contributed by atoms with Crippen LogP contribution in [0, 0.1) is 11.8 Å². The largest absolute Gasteiger partial charge is 0.496 e. The molecule has 0 amide bonds. The highest BCUT2D eigenvalue weighted by atomic mass is 127. The van der Waals surface area contributed by atoms with Crippen molar-refractivity contribution in [3.05, 3.63) is 41.1 Å². The number of ether oxygens (including phenoxy) is 2. The van der Waals surface area contributed by atoms with Gasteiger partial charge in [-0.3, -0.25) is 4.90 Å². The zero-order chi connectivity index (χ0) is 20.5. The fourth-order valence-electron chi connectivity index (χ4n) is 5.37. The van der Waals surface area contributed by atoms with Gasteiger partial charge < -0.3 is 14.5 Å². The van der Waals surface area contributed by atoms with Crippen LogP contribution in [0.25, 0.3) is 10.9 Å².